The molecule has 0 N–H and O–H groups in total. The SMILES string of the molecule is O=S(=O)(c1cccc(-c2ccno2)c1)N1C[C@@H]2C[C@H]1[C@H]1C[C@@H]21. The van der Waals surface area contributed by atoms with Gasteiger partial charge in [-0.15, -0.1) is 0 Å². The lowest BCUT2D eigenvalue weighted by atomic mass is 10.1. The predicted molar refractivity (Wildman–Crippen MR) is 79.3 cm³/mol. The van der Waals surface area contributed by atoms with Crippen molar-refractivity contribution in [3.8, 4) is 11.3 Å². The molecule has 0 amide bonds. The van der Waals surface area contributed by atoms with Gasteiger partial charge in [0.15, 0.2) is 5.76 Å². The Bertz CT molecular complexity index is 831. The van der Waals surface area contributed by atoms with Gasteiger partial charge in [0.2, 0.25) is 10.0 Å². The molecule has 2 aliphatic carbocycles. The molecule has 2 heterocycles. The molecule has 2 saturated carbocycles. The van der Waals surface area contributed by atoms with Crippen molar-refractivity contribution in [3.63, 3.8) is 0 Å². The van der Waals surface area contributed by atoms with Crippen molar-refractivity contribution >= 4 is 10.0 Å². The summed E-state index contributed by atoms with van der Waals surface area (Å²) < 4.78 is 32.8. The molecule has 114 valence electrons. The first-order valence-electron chi connectivity index (χ1n) is 7.67. The van der Waals surface area contributed by atoms with Gasteiger partial charge in [0.05, 0.1) is 11.1 Å². The molecular weight excluding hydrogens is 300 g/mol. The summed E-state index contributed by atoms with van der Waals surface area (Å²) in [7, 11) is -3.42. The number of rotatable bonds is 3. The van der Waals surface area contributed by atoms with Crippen LogP contribution in [0.5, 0.6) is 0 Å². The van der Waals surface area contributed by atoms with E-state index in [1.54, 1.807) is 34.8 Å². The summed E-state index contributed by atoms with van der Waals surface area (Å²) in [5.74, 6) is 2.59. The first kappa shape index (κ1) is 12.8. The first-order valence-corrected chi connectivity index (χ1v) is 9.11. The van der Waals surface area contributed by atoms with Crippen LogP contribution in [0.3, 0.4) is 0 Å². The molecule has 3 aliphatic rings. The lowest BCUT2D eigenvalue weighted by molar-refractivity contribution is 0.320. The Balaban J connectivity index is 1.52. The van der Waals surface area contributed by atoms with E-state index < -0.39 is 10.0 Å². The van der Waals surface area contributed by atoms with Gasteiger partial charge in [0.25, 0.3) is 0 Å². The maximum Gasteiger partial charge on any atom is 0.243 e. The van der Waals surface area contributed by atoms with Gasteiger partial charge in [0.1, 0.15) is 0 Å². The number of aromatic nitrogens is 1. The highest BCUT2D eigenvalue weighted by atomic mass is 32.2. The number of nitrogens with zero attached hydrogens (tertiary/aromatic N) is 2. The number of fused-ring (bicyclic) bond motifs is 5. The number of hydrogen-bond acceptors (Lipinski definition) is 4. The third-order valence-electron chi connectivity index (χ3n) is 5.48. The minimum atomic E-state index is -3.42. The van der Waals surface area contributed by atoms with Crippen molar-refractivity contribution in [1.29, 1.82) is 0 Å². The molecule has 6 heteroatoms. The van der Waals surface area contributed by atoms with Gasteiger partial charge >= 0.3 is 0 Å². The minimum absolute atomic E-state index is 0.230. The van der Waals surface area contributed by atoms with Gasteiger partial charge in [-0.25, -0.2) is 8.42 Å². The third-order valence-corrected chi connectivity index (χ3v) is 7.37. The zero-order chi connectivity index (χ0) is 14.9. The van der Waals surface area contributed by atoms with Crippen LogP contribution in [-0.4, -0.2) is 30.5 Å². The number of benzene rings is 1. The van der Waals surface area contributed by atoms with Crippen LogP contribution in [0.15, 0.2) is 45.9 Å². The molecule has 0 spiro atoms. The van der Waals surface area contributed by atoms with Crippen molar-refractivity contribution in [2.45, 2.75) is 23.8 Å². The first-order chi connectivity index (χ1) is 10.6. The zero-order valence-corrected chi connectivity index (χ0v) is 12.7. The van der Waals surface area contributed by atoms with Crippen molar-refractivity contribution in [2.24, 2.45) is 17.8 Å². The average molecular weight is 316 g/mol. The van der Waals surface area contributed by atoms with Gasteiger partial charge in [-0.1, -0.05) is 17.3 Å². The highest BCUT2D eigenvalue weighted by Gasteiger charge is 2.62. The molecule has 1 aromatic heterocycles. The van der Waals surface area contributed by atoms with E-state index in [2.05, 4.69) is 5.16 Å². The second-order valence-corrected chi connectivity index (χ2v) is 8.50. The number of hydrogen-bond donors (Lipinski definition) is 0. The Hall–Kier alpha value is -1.66. The fraction of sp³-hybridized carbons (Fsp3) is 0.438. The van der Waals surface area contributed by atoms with E-state index in [9.17, 15) is 8.42 Å². The van der Waals surface area contributed by atoms with Crippen molar-refractivity contribution in [2.75, 3.05) is 6.54 Å². The van der Waals surface area contributed by atoms with E-state index in [0.29, 0.717) is 29.0 Å². The molecule has 22 heavy (non-hydrogen) atoms. The molecular formula is C16H16N2O3S. The molecule has 0 radical (unpaired) electrons. The molecule has 5 nitrogen and oxygen atoms in total. The Morgan fingerprint density at radius 1 is 1.18 bits per heavy atom. The number of sulfonamides is 1. The second kappa shape index (κ2) is 4.20. The Kier molecular flexibility index (Phi) is 2.45. The fourth-order valence-corrected chi connectivity index (χ4v) is 6.16. The van der Waals surface area contributed by atoms with Crippen LogP contribution in [-0.2, 0) is 10.0 Å². The summed E-state index contributed by atoms with van der Waals surface area (Å²) in [4.78, 5) is 0.353. The van der Waals surface area contributed by atoms with Crippen molar-refractivity contribution in [3.05, 3.63) is 36.5 Å². The average Bonchev–Trinajstić information content (AvgIpc) is 2.94. The Morgan fingerprint density at radius 3 is 2.82 bits per heavy atom. The molecule has 1 saturated heterocycles. The molecule has 0 unspecified atom stereocenters. The van der Waals surface area contributed by atoms with E-state index >= 15 is 0 Å². The standard InChI is InChI=1S/C16H16N2O3S/c19-22(20,18-9-11-7-15(18)14-8-13(11)14)12-3-1-2-10(6-12)16-4-5-17-21-16/h1-6,11,13-15H,7-9H2/t11-,13-,14-,15-/m0/s1. The zero-order valence-electron chi connectivity index (χ0n) is 11.9. The van der Waals surface area contributed by atoms with E-state index in [4.69, 9.17) is 4.52 Å². The molecule has 2 aromatic rings. The smallest absolute Gasteiger partial charge is 0.243 e. The van der Waals surface area contributed by atoms with Crippen LogP contribution >= 0.6 is 0 Å². The second-order valence-electron chi connectivity index (χ2n) is 6.61. The molecule has 1 aliphatic heterocycles. The maximum atomic E-state index is 13.0. The topological polar surface area (TPSA) is 63.4 Å². The normalized spacial score (nSPS) is 33.1. The van der Waals surface area contributed by atoms with E-state index in [-0.39, 0.29) is 6.04 Å². The van der Waals surface area contributed by atoms with E-state index in [1.165, 1.54) is 6.42 Å². The monoisotopic (exact) mass is 316 g/mol. The minimum Gasteiger partial charge on any atom is -0.356 e. The summed E-state index contributed by atoms with van der Waals surface area (Å²) in [6.45, 7) is 0.695. The van der Waals surface area contributed by atoms with Crippen LogP contribution < -0.4 is 0 Å². The quantitative estimate of drug-likeness (QED) is 0.872. The molecule has 2 bridgehead atoms. The van der Waals surface area contributed by atoms with Crippen LogP contribution in [0.25, 0.3) is 11.3 Å². The van der Waals surface area contributed by atoms with E-state index in [1.807, 2.05) is 6.07 Å². The summed E-state index contributed by atoms with van der Waals surface area (Å²) in [5, 5.41) is 3.68. The Morgan fingerprint density at radius 2 is 2.09 bits per heavy atom. The van der Waals surface area contributed by atoms with Crippen LogP contribution in [0.1, 0.15) is 12.8 Å². The van der Waals surface area contributed by atoms with Crippen LogP contribution in [0, 0.1) is 17.8 Å². The van der Waals surface area contributed by atoms with Gasteiger partial charge in [-0.3, -0.25) is 0 Å². The summed E-state index contributed by atoms with van der Waals surface area (Å²) in [6, 6.07) is 8.93. The summed E-state index contributed by atoms with van der Waals surface area (Å²) >= 11 is 0. The summed E-state index contributed by atoms with van der Waals surface area (Å²) in [5.41, 5.74) is 0.743. The molecule has 4 atom stereocenters. The lowest BCUT2D eigenvalue weighted by Crippen LogP contribution is -2.39. The van der Waals surface area contributed by atoms with Crippen LogP contribution in [0.2, 0.25) is 0 Å². The largest absolute Gasteiger partial charge is 0.356 e. The van der Waals surface area contributed by atoms with Crippen molar-refractivity contribution < 1.29 is 12.9 Å². The van der Waals surface area contributed by atoms with Crippen molar-refractivity contribution in [1.82, 2.24) is 9.46 Å². The third kappa shape index (κ3) is 1.68. The maximum absolute atomic E-state index is 13.0. The highest BCUT2D eigenvalue weighted by molar-refractivity contribution is 7.89. The van der Waals surface area contributed by atoms with Gasteiger partial charge < -0.3 is 4.52 Å². The van der Waals surface area contributed by atoms with Gasteiger partial charge in [-0.05, 0) is 42.7 Å². The van der Waals surface area contributed by atoms with Gasteiger partial charge in [0, 0.05) is 24.2 Å². The van der Waals surface area contributed by atoms with Crippen LogP contribution in [0.4, 0.5) is 0 Å². The van der Waals surface area contributed by atoms with E-state index in [0.717, 1.165) is 17.9 Å². The molecule has 5 rings (SSSR count). The van der Waals surface area contributed by atoms with Gasteiger partial charge in [-0.2, -0.15) is 4.31 Å². The number of piperidine rings is 1. The highest BCUT2D eigenvalue weighted by Crippen LogP contribution is 2.61. The predicted octanol–water partition coefficient (Wildman–Crippen LogP) is 2.37. The molecule has 1 aromatic carbocycles. The Labute approximate surface area is 129 Å². The summed E-state index contributed by atoms with van der Waals surface area (Å²) in [6.07, 6.45) is 3.83. The lowest BCUT2D eigenvalue weighted by Gasteiger charge is -2.26. The molecule has 3 fully saturated rings. The fourth-order valence-electron chi connectivity index (χ4n) is 4.37.